The second-order valence-electron chi connectivity index (χ2n) is 7.15. The lowest BCUT2D eigenvalue weighted by Gasteiger charge is -2.34. The average Bonchev–Trinajstić information content (AvgIpc) is 2.74. The van der Waals surface area contributed by atoms with E-state index in [0.717, 1.165) is 12.1 Å². The van der Waals surface area contributed by atoms with Crippen molar-refractivity contribution in [3.63, 3.8) is 0 Å². The molecular formula is C21H16F2N4O3S. The monoisotopic (exact) mass is 442 g/mol. The molecule has 0 saturated carbocycles. The number of benzene rings is 2. The van der Waals surface area contributed by atoms with Gasteiger partial charge < -0.3 is 19.8 Å². The van der Waals surface area contributed by atoms with Crippen molar-refractivity contribution in [1.29, 1.82) is 5.26 Å². The number of aromatic amines is 1. The lowest BCUT2D eigenvalue weighted by molar-refractivity contribution is 0.208. The molecule has 0 spiro atoms. The van der Waals surface area contributed by atoms with Crippen LogP contribution >= 0.6 is 0 Å². The molecule has 7 nitrogen and oxygen atoms in total. The highest BCUT2D eigenvalue weighted by molar-refractivity contribution is 7.90. The van der Waals surface area contributed by atoms with Gasteiger partial charge in [-0.25, -0.2) is 13.6 Å². The zero-order chi connectivity index (χ0) is 22.3. The lowest BCUT2D eigenvalue weighted by Crippen LogP contribution is -2.41. The maximum atomic E-state index is 13.7. The zero-order valence-corrected chi connectivity index (χ0v) is 17.1. The number of H-pyrrole nitrogens is 1. The average molecular weight is 442 g/mol. The number of fused-ring (bicyclic) bond motifs is 3. The number of carbonyl (C=O) groups is 1. The highest BCUT2D eigenvalue weighted by atomic mass is 32.2. The van der Waals surface area contributed by atoms with Gasteiger partial charge in [-0.1, -0.05) is 6.07 Å². The van der Waals surface area contributed by atoms with Crippen LogP contribution in [0.4, 0.5) is 19.3 Å². The van der Waals surface area contributed by atoms with Crippen LogP contribution in [0, 0.1) is 23.0 Å². The van der Waals surface area contributed by atoms with Crippen LogP contribution < -0.4 is 10.9 Å². The van der Waals surface area contributed by atoms with Crippen molar-refractivity contribution in [1.82, 2.24) is 9.88 Å². The molecule has 1 aliphatic heterocycles. The van der Waals surface area contributed by atoms with Gasteiger partial charge in [-0.3, -0.25) is 4.79 Å². The Morgan fingerprint density at radius 2 is 2.06 bits per heavy atom. The third kappa shape index (κ3) is 3.85. The van der Waals surface area contributed by atoms with E-state index in [1.807, 2.05) is 0 Å². The minimum atomic E-state index is -1.34. The number of rotatable bonds is 2. The van der Waals surface area contributed by atoms with Gasteiger partial charge in [-0.15, -0.1) is 0 Å². The topological polar surface area (TPSA) is 112 Å². The van der Waals surface area contributed by atoms with Gasteiger partial charge in [-0.05, 0) is 46.9 Å². The lowest BCUT2D eigenvalue weighted by atomic mass is 9.97. The predicted octanol–water partition coefficient (Wildman–Crippen LogP) is 3.15. The fourth-order valence-corrected chi connectivity index (χ4v) is 5.10. The Morgan fingerprint density at radius 1 is 1.29 bits per heavy atom. The van der Waals surface area contributed by atoms with Crippen molar-refractivity contribution >= 4 is 33.7 Å². The van der Waals surface area contributed by atoms with E-state index in [-0.39, 0.29) is 28.1 Å². The van der Waals surface area contributed by atoms with Crippen LogP contribution in [0.1, 0.15) is 22.9 Å². The number of pyridine rings is 1. The summed E-state index contributed by atoms with van der Waals surface area (Å²) in [5, 5.41) is 12.2. The molecule has 0 aliphatic carbocycles. The van der Waals surface area contributed by atoms with Crippen molar-refractivity contribution in [2.24, 2.45) is 0 Å². The van der Waals surface area contributed by atoms with Gasteiger partial charge in [0.05, 0.1) is 16.6 Å². The molecule has 10 heteroatoms. The first-order valence-electron chi connectivity index (χ1n) is 9.21. The zero-order valence-electron chi connectivity index (χ0n) is 16.2. The van der Waals surface area contributed by atoms with Crippen LogP contribution in [0.3, 0.4) is 0 Å². The number of amides is 2. The molecule has 2 heterocycles. The third-order valence-electron chi connectivity index (χ3n) is 5.21. The van der Waals surface area contributed by atoms with Gasteiger partial charge in [0.15, 0.2) is 0 Å². The van der Waals surface area contributed by atoms with E-state index >= 15 is 0 Å². The Kier molecular flexibility index (Phi) is 5.39. The molecule has 0 radical (unpaired) electrons. The smallest absolute Gasteiger partial charge is 0.322 e. The van der Waals surface area contributed by atoms with Gasteiger partial charge in [0, 0.05) is 18.3 Å². The maximum absolute atomic E-state index is 13.7. The van der Waals surface area contributed by atoms with Gasteiger partial charge in [-0.2, -0.15) is 5.26 Å². The highest BCUT2D eigenvalue weighted by Gasteiger charge is 2.36. The molecule has 2 atom stereocenters. The normalized spacial score (nSPS) is 17.6. The molecule has 1 aliphatic rings. The summed E-state index contributed by atoms with van der Waals surface area (Å²) in [5.74, 6) is -1.02. The molecule has 4 rings (SSSR count). The molecular weight excluding hydrogens is 426 g/mol. The van der Waals surface area contributed by atoms with Crippen LogP contribution in [0.15, 0.2) is 41.2 Å². The molecule has 1 unspecified atom stereocenters. The van der Waals surface area contributed by atoms with Crippen molar-refractivity contribution in [3.8, 4) is 6.07 Å². The second kappa shape index (κ2) is 8.02. The number of urea groups is 1. The summed E-state index contributed by atoms with van der Waals surface area (Å²) in [4.78, 5) is 29.3. The van der Waals surface area contributed by atoms with Gasteiger partial charge in [0.1, 0.15) is 35.3 Å². The first kappa shape index (κ1) is 20.8. The van der Waals surface area contributed by atoms with Gasteiger partial charge in [0.2, 0.25) is 0 Å². The van der Waals surface area contributed by atoms with Crippen LogP contribution in [0.2, 0.25) is 0 Å². The van der Waals surface area contributed by atoms with Crippen LogP contribution in [-0.2, 0) is 16.9 Å². The first-order valence-corrected chi connectivity index (χ1v) is 10.7. The van der Waals surface area contributed by atoms with E-state index in [4.69, 9.17) is 5.26 Å². The first-order chi connectivity index (χ1) is 14.8. The summed E-state index contributed by atoms with van der Waals surface area (Å²) in [5.41, 5.74) is 0.555. The molecule has 0 fully saturated rings. The van der Waals surface area contributed by atoms with Gasteiger partial charge >= 0.3 is 6.03 Å². The minimum Gasteiger partial charge on any atom is -0.616 e. The van der Waals surface area contributed by atoms with E-state index < -0.39 is 40.4 Å². The Morgan fingerprint density at radius 3 is 2.81 bits per heavy atom. The van der Waals surface area contributed by atoms with Crippen LogP contribution in [0.5, 0.6) is 0 Å². The SMILES string of the molecule is CN(C(=O)Nc1ccc(F)c(C#N)c1)C1C[S@@+]([O-])Cc2[nH]c(=O)c3cc(F)ccc3c21. The summed E-state index contributed by atoms with van der Waals surface area (Å²) in [7, 11) is 1.50. The Labute approximate surface area is 178 Å². The van der Waals surface area contributed by atoms with Crippen LogP contribution in [-0.4, -0.2) is 33.3 Å². The Bertz CT molecular complexity index is 1300. The molecule has 2 aromatic carbocycles. The third-order valence-corrected chi connectivity index (χ3v) is 6.51. The standard InChI is InChI=1S/C21H16F2N4O3S/c1-27(21(29)25-13-3-5-16(23)11(6-13)8-24)18-10-31(30)9-17-19(18)14-4-2-12(22)7-15(14)20(28)26-17/h2-7,18H,9-10H2,1H3,(H,25,29)(H,26,28)/t18?,31-/m0/s1. The number of anilines is 1. The van der Waals surface area contributed by atoms with E-state index in [1.54, 1.807) is 6.07 Å². The number of hydrogen-bond donors (Lipinski definition) is 2. The molecule has 158 valence electrons. The molecule has 2 amide bonds. The number of nitrogens with one attached hydrogen (secondary N) is 2. The molecule has 3 aromatic rings. The number of nitrogens with zero attached hydrogens (tertiary/aromatic N) is 2. The summed E-state index contributed by atoms with van der Waals surface area (Å²) in [6.07, 6.45) is 0. The number of hydrogen-bond acceptors (Lipinski definition) is 4. The van der Waals surface area contributed by atoms with E-state index in [9.17, 15) is 22.9 Å². The Hall–Kier alpha value is -3.42. The van der Waals surface area contributed by atoms with E-state index in [1.165, 1.54) is 36.2 Å². The van der Waals surface area contributed by atoms with E-state index in [2.05, 4.69) is 10.3 Å². The number of halogens is 2. The number of nitriles is 1. The highest BCUT2D eigenvalue weighted by Crippen LogP contribution is 2.35. The maximum Gasteiger partial charge on any atom is 0.322 e. The molecule has 31 heavy (non-hydrogen) atoms. The van der Waals surface area contributed by atoms with Crippen LogP contribution in [0.25, 0.3) is 10.8 Å². The van der Waals surface area contributed by atoms with Crippen molar-refractivity contribution in [3.05, 3.63) is 75.2 Å². The molecule has 0 saturated heterocycles. The summed E-state index contributed by atoms with van der Waals surface area (Å²) in [6.45, 7) is 0. The second-order valence-corrected chi connectivity index (χ2v) is 8.65. The largest absolute Gasteiger partial charge is 0.616 e. The predicted molar refractivity (Wildman–Crippen MR) is 112 cm³/mol. The van der Waals surface area contributed by atoms with Gasteiger partial charge in [0.25, 0.3) is 5.56 Å². The fourth-order valence-electron chi connectivity index (χ4n) is 3.69. The van der Waals surface area contributed by atoms with Crippen molar-refractivity contribution in [2.45, 2.75) is 11.8 Å². The minimum absolute atomic E-state index is 0.118. The van der Waals surface area contributed by atoms with E-state index in [0.29, 0.717) is 16.6 Å². The van der Waals surface area contributed by atoms with Crippen molar-refractivity contribution < 1.29 is 18.1 Å². The summed E-state index contributed by atoms with van der Waals surface area (Å²) < 4.78 is 39.7. The summed E-state index contributed by atoms with van der Waals surface area (Å²) >= 11 is -1.34. The van der Waals surface area contributed by atoms with Crippen molar-refractivity contribution in [2.75, 3.05) is 18.1 Å². The summed E-state index contributed by atoms with van der Waals surface area (Å²) in [6, 6.07) is 7.91. The number of carbonyl (C=O) groups excluding carboxylic acids is 1. The Balaban J connectivity index is 1.73. The molecule has 1 aromatic heterocycles. The molecule has 0 bridgehead atoms. The number of aromatic nitrogens is 1. The quantitative estimate of drug-likeness (QED) is 0.594. The fraction of sp³-hybridized carbons (Fsp3) is 0.190. The molecule has 2 N–H and O–H groups in total.